The number of nitro groups is 1. The summed E-state index contributed by atoms with van der Waals surface area (Å²) in [4.78, 5) is 12.1. The minimum atomic E-state index is -3.75. The average Bonchev–Trinajstić information content (AvgIpc) is 2.81. The maximum Gasteiger partial charge on any atom is 0.245 e. The Balaban J connectivity index is 1.92. The van der Waals surface area contributed by atoms with E-state index < -0.39 is 41.6 Å². The normalized spacial score (nSPS) is 15.2. The van der Waals surface area contributed by atoms with Crippen molar-refractivity contribution >= 4 is 19.7 Å². The lowest BCUT2D eigenvalue weighted by Gasteiger charge is -2.30. The van der Waals surface area contributed by atoms with Crippen molar-refractivity contribution in [2.45, 2.75) is 53.9 Å². The molecular weight excluding hydrogens is 450 g/mol. The number of hydrogen-bond donors (Lipinski definition) is 0. The molecule has 1 aliphatic carbocycles. The van der Waals surface area contributed by atoms with Gasteiger partial charge < -0.3 is 0 Å². The van der Waals surface area contributed by atoms with Crippen LogP contribution >= 0.6 is 0 Å². The Morgan fingerprint density at radius 3 is 1.62 bits per heavy atom. The van der Waals surface area contributed by atoms with Gasteiger partial charge in [0.2, 0.25) is 5.54 Å². The van der Waals surface area contributed by atoms with Gasteiger partial charge in [-0.2, -0.15) is 0 Å². The molecular formula is C23H27NO6S2. The predicted molar refractivity (Wildman–Crippen MR) is 123 cm³/mol. The third-order valence-corrected chi connectivity index (χ3v) is 9.48. The Hall–Kier alpha value is -2.52. The third kappa shape index (κ3) is 5.45. The first-order valence-electron chi connectivity index (χ1n) is 10.6. The van der Waals surface area contributed by atoms with Crippen LogP contribution in [0.2, 0.25) is 0 Å². The molecule has 0 spiro atoms. The molecule has 0 unspecified atom stereocenters. The van der Waals surface area contributed by atoms with E-state index in [2.05, 4.69) is 0 Å². The lowest BCUT2D eigenvalue weighted by Crippen LogP contribution is -2.44. The zero-order valence-electron chi connectivity index (χ0n) is 17.7. The monoisotopic (exact) mass is 477 g/mol. The summed E-state index contributed by atoms with van der Waals surface area (Å²) in [7, 11) is -7.51. The molecule has 32 heavy (non-hydrogen) atoms. The van der Waals surface area contributed by atoms with Crippen molar-refractivity contribution in [3.05, 3.63) is 82.4 Å². The summed E-state index contributed by atoms with van der Waals surface area (Å²) in [6.45, 7) is 0. The second kappa shape index (κ2) is 9.95. The van der Waals surface area contributed by atoms with Gasteiger partial charge >= 0.3 is 0 Å². The minimum Gasteiger partial charge on any atom is -0.264 e. The van der Waals surface area contributed by atoms with E-state index in [1.807, 2.05) is 0 Å². The van der Waals surface area contributed by atoms with Crippen LogP contribution < -0.4 is 0 Å². The summed E-state index contributed by atoms with van der Waals surface area (Å²) >= 11 is 0. The van der Waals surface area contributed by atoms with Crippen LogP contribution in [0.25, 0.3) is 0 Å². The average molecular weight is 478 g/mol. The predicted octanol–water partition coefficient (Wildman–Crippen LogP) is 4.23. The fraction of sp³-hybridized carbons (Fsp3) is 0.391. The van der Waals surface area contributed by atoms with Crippen molar-refractivity contribution < 1.29 is 21.8 Å². The summed E-state index contributed by atoms with van der Waals surface area (Å²) in [5.74, 6) is -0.860. The molecule has 0 fully saturated rings. The lowest BCUT2D eigenvalue weighted by atomic mass is 9.79. The molecule has 0 N–H and O–H groups in total. The molecule has 7 nitrogen and oxygen atoms in total. The van der Waals surface area contributed by atoms with E-state index in [-0.39, 0.29) is 22.6 Å². The summed E-state index contributed by atoms with van der Waals surface area (Å²) in [5, 5.41) is 12.4. The van der Waals surface area contributed by atoms with E-state index >= 15 is 0 Å². The molecule has 0 aromatic heterocycles. The first-order chi connectivity index (χ1) is 15.2. The highest BCUT2D eigenvalue weighted by molar-refractivity contribution is 7.91. The Morgan fingerprint density at radius 1 is 0.781 bits per heavy atom. The lowest BCUT2D eigenvalue weighted by molar-refractivity contribution is -0.559. The number of hydrogen-bond acceptors (Lipinski definition) is 6. The zero-order chi connectivity index (χ0) is 23.2. The van der Waals surface area contributed by atoms with Gasteiger partial charge in [-0.1, -0.05) is 42.5 Å². The van der Waals surface area contributed by atoms with Crippen molar-refractivity contribution in [3.63, 3.8) is 0 Å². The molecule has 9 heteroatoms. The number of nitrogens with zero attached hydrogens (tertiary/aromatic N) is 1. The molecule has 0 bridgehead atoms. The van der Waals surface area contributed by atoms with Gasteiger partial charge in [0.25, 0.3) is 0 Å². The van der Waals surface area contributed by atoms with Crippen LogP contribution in [0.3, 0.4) is 0 Å². The Kier molecular flexibility index (Phi) is 7.51. The molecule has 0 radical (unpaired) electrons. The standard InChI is InChI=1S/C23H27NO6S2/c25-24(26)23(20-10-4-1-5-11-20,16-18-31(27,28)21-12-6-2-7-13-21)17-19-32(29,30)22-14-8-3-9-15-22/h2-3,6-10,12-15H,1,4-5,11,16-19H2. The van der Waals surface area contributed by atoms with Gasteiger partial charge in [0.1, 0.15) is 0 Å². The van der Waals surface area contributed by atoms with Crippen molar-refractivity contribution in [2.24, 2.45) is 0 Å². The molecule has 172 valence electrons. The van der Waals surface area contributed by atoms with Crippen molar-refractivity contribution in [2.75, 3.05) is 11.5 Å². The first-order valence-corrected chi connectivity index (χ1v) is 13.9. The number of allylic oxidation sites excluding steroid dienone is 1. The molecule has 1 aliphatic rings. The van der Waals surface area contributed by atoms with Gasteiger partial charge in [0, 0.05) is 23.3 Å². The highest BCUT2D eigenvalue weighted by atomic mass is 32.2. The Morgan fingerprint density at radius 2 is 1.25 bits per heavy atom. The van der Waals surface area contributed by atoms with Crippen LogP contribution in [0, 0.1) is 10.1 Å². The molecule has 0 saturated carbocycles. The fourth-order valence-corrected chi connectivity index (χ4v) is 6.93. The summed E-state index contributed by atoms with van der Waals surface area (Å²) in [6.07, 6.45) is 4.07. The summed E-state index contributed by atoms with van der Waals surface area (Å²) in [5.41, 5.74) is -1.19. The maximum absolute atomic E-state index is 12.8. The molecule has 3 rings (SSSR count). The van der Waals surface area contributed by atoms with E-state index in [4.69, 9.17) is 0 Å². The Bertz CT molecular complexity index is 1100. The van der Waals surface area contributed by atoms with E-state index in [1.165, 1.54) is 24.3 Å². The minimum absolute atomic E-state index is 0.103. The maximum atomic E-state index is 12.8. The first kappa shape index (κ1) is 24.1. The quantitative estimate of drug-likeness (QED) is 0.288. The zero-order valence-corrected chi connectivity index (χ0v) is 19.4. The van der Waals surface area contributed by atoms with Gasteiger partial charge in [-0.05, 0) is 49.9 Å². The second-order valence-corrected chi connectivity index (χ2v) is 12.2. The molecule has 2 aromatic rings. The largest absolute Gasteiger partial charge is 0.264 e. The van der Waals surface area contributed by atoms with Crippen molar-refractivity contribution in [1.82, 2.24) is 0 Å². The van der Waals surface area contributed by atoms with Crippen molar-refractivity contribution in [1.29, 1.82) is 0 Å². The van der Waals surface area contributed by atoms with E-state index in [0.717, 1.165) is 12.8 Å². The molecule has 0 heterocycles. The van der Waals surface area contributed by atoms with Crippen LogP contribution in [0.5, 0.6) is 0 Å². The van der Waals surface area contributed by atoms with E-state index in [0.29, 0.717) is 18.4 Å². The van der Waals surface area contributed by atoms with Crippen LogP contribution in [0.4, 0.5) is 0 Å². The van der Waals surface area contributed by atoms with Gasteiger partial charge in [-0.15, -0.1) is 0 Å². The van der Waals surface area contributed by atoms with Gasteiger partial charge in [-0.3, -0.25) is 10.1 Å². The van der Waals surface area contributed by atoms with E-state index in [1.54, 1.807) is 42.5 Å². The van der Waals surface area contributed by atoms with Crippen molar-refractivity contribution in [3.8, 4) is 0 Å². The van der Waals surface area contributed by atoms with Gasteiger partial charge in [0.05, 0.1) is 21.3 Å². The molecule has 0 aliphatic heterocycles. The van der Waals surface area contributed by atoms with Crippen LogP contribution in [-0.2, 0) is 19.7 Å². The molecule has 0 atom stereocenters. The fourth-order valence-electron chi connectivity index (χ4n) is 4.10. The van der Waals surface area contributed by atoms with Crippen LogP contribution in [-0.4, -0.2) is 38.8 Å². The molecule has 0 amide bonds. The van der Waals surface area contributed by atoms with E-state index in [9.17, 15) is 26.9 Å². The summed E-state index contributed by atoms with van der Waals surface area (Å²) < 4.78 is 51.4. The second-order valence-electron chi connectivity index (χ2n) is 8.03. The topological polar surface area (TPSA) is 111 Å². The SMILES string of the molecule is O=[N+]([O-])C(CCS(=O)(=O)c1ccccc1)(CCS(=O)(=O)c1ccccc1)C1=CCCCC1. The highest BCUT2D eigenvalue weighted by Crippen LogP contribution is 2.37. The van der Waals surface area contributed by atoms with Crippen LogP contribution in [0.1, 0.15) is 38.5 Å². The highest BCUT2D eigenvalue weighted by Gasteiger charge is 2.48. The molecule has 0 saturated heterocycles. The number of sulfone groups is 2. The number of rotatable bonds is 10. The Labute approximate surface area is 189 Å². The summed E-state index contributed by atoms with van der Waals surface area (Å²) in [6, 6.07) is 15.6. The smallest absolute Gasteiger partial charge is 0.245 e. The number of benzene rings is 2. The van der Waals surface area contributed by atoms with Gasteiger partial charge in [-0.25, -0.2) is 16.8 Å². The van der Waals surface area contributed by atoms with Crippen LogP contribution in [0.15, 0.2) is 82.1 Å². The molecule has 2 aromatic carbocycles. The van der Waals surface area contributed by atoms with Gasteiger partial charge in [0.15, 0.2) is 19.7 Å². The third-order valence-electron chi connectivity index (χ3n) is 6.01.